The summed E-state index contributed by atoms with van der Waals surface area (Å²) in [7, 11) is 0. The predicted octanol–water partition coefficient (Wildman–Crippen LogP) is -1.10. The van der Waals surface area contributed by atoms with E-state index < -0.39 is 12.0 Å². The largest absolute Gasteiger partial charge is 0.481 e. The molecule has 3 N–H and O–H groups in total. The monoisotopic (exact) mass is 116 g/mol. The van der Waals surface area contributed by atoms with Crippen LogP contribution in [0, 0.1) is 0 Å². The van der Waals surface area contributed by atoms with Gasteiger partial charge in [0.15, 0.2) is 0 Å². The van der Waals surface area contributed by atoms with E-state index in [9.17, 15) is 9.59 Å². The molecular weight excluding hydrogens is 110 g/mol. The van der Waals surface area contributed by atoms with E-state index in [1.165, 1.54) is 6.29 Å². The van der Waals surface area contributed by atoms with E-state index in [1.807, 2.05) is 0 Å². The molecule has 0 saturated heterocycles. The molecule has 0 aliphatic rings. The van der Waals surface area contributed by atoms with Crippen LogP contribution in [0.4, 0.5) is 0 Å². The molecule has 0 aliphatic heterocycles. The van der Waals surface area contributed by atoms with Crippen molar-refractivity contribution >= 4 is 12.3 Å². The summed E-state index contributed by atoms with van der Waals surface area (Å²) in [5.41, 5.74) is 4.87. The number of carboxylic acids is 1. The third-order valence-corrected chi connectivity index (χ3v) is 0.546. The number of hydrogen-bond acceptors (Lipinski definition) is 3. The van der Waals surface area contributed by atoms with Crippen LogP contribution in [0.1, 0.15) is 6.42 Å². The van der Waals surface area contributed by atoms with Crippen LogP contribution < -0.4 is 5.73 Å². The normalized spacial score (nSPS) is 12.6. The standard InChI is InChI=1S/C4H6NO3/c5-3(2-6)1-4(7)8/h3H,1,5H2,(H,7,8). The summed E-state index contributed by atoms with van der Waals surface area (Å²) < 4.78 is 0. The van der Waals surface area contributed by atoms with E-state index >= 15 is 0 Å². The lowest BCUT2D eigenvalue weighted by Crippen LogP contribution is -2.24. The van der Waals surface area contributed by atoms with Crippen LogP contribution in [0.3, 0.4) is 0 Å². The van der Waals surface area contributed by atoms with E-state index in [-0.39, 0.29) is 6.42 Å². The molecule has 0 amide bonds. The second-order valence-corrected chi connectivity index (χ2v) is 1.32. The van der Waals surface area contributed by atoms with Crippen molar-refractivity contribution in [2.24, 2.45) is 5.73 Å². The average molecular weight is 116 g/mol. The molecule has 4 heteroatoms. The third-order valence-electron chi connectivity index (χ3n) is 0.546. The lowest BCUT2D eigenvalue weighted by atomic mass is 10.2. The summed E-state index contributed by atoms with van der Waals surface area (Å²) in [5.74, 6) is -1.08. The van der Waals surface area contributed by atoms with Gasteiger partial charge < -0.3 is 10.8 Å². The lowest BCUT2D eigenvalue weighted by Gasteiger charge is -1.93. The molecule has 8 heavy (non-hydrogen) atoms. The zero-order valence-electron chi connectivity index (χ0n) is 4.13. The third kappa shape index (κ3) is 3.30. The number of carboxylic acid groups (broad SMARTS) is 1. The Balaban J connectivity index is 3.38. The summed E-state index contributed by atoms with van der Waals surface area (Å²) in [5, 5.41) is 7.96. The SMILES string of the molecule is NC([C]=O)CC(=O)O. The summed E-state index contributed by atoms with van der Waals surface area (Å²) in [6.07, 6.45) is 0.999. The Bertz CT molecular complexity index is 101. The highest BCUT2D eigenvalue weighted by atomic mass is 16.4. The molecule has 1 atom stereocenters. The second kappa shape index (κ2) is 3.15. The highest BCUT2D eigenvalue weighted by Gasteiger charge is 2.05. The highest BCUT2D eigenvalue weighted by Crippen LogP contribution is 1.80. The molecule has 1 unspecified atom stereocenters. The van der Waals surface area contributed by atoms with E-state index in [4.69, 9.17) is 10.8 Å². The fraction of sp³-hybridized carbons (Fsp3) is 0.500. The fourth-order valence-corrected chi connectivity index (χ4v) is 0.230. The van der Waals surface area contributed by atoms with Crippen molar-refractivity contribution in [1.29, 1.82) is 0 Å². The molecule has 45 valence electrons. The van der Waals surface area contributed by atoms with Crippen LogP contribution in [0.5, 0.6) is 0 Å². The molecule has 0 aromatic carbocycles. The number of aliphatic carboxylic acids is 1. The van der Waals surface area contributed by atoms with Gasteiger partial charge in [0.1, 0.15) is 0 Å². The lowest BCUT2D eigenvalue weighted by molar-refractivity contribution is -0.137. The van der Waals surface area contributed by atoms with Gasteiger partial charge >= 0.3 is 5.97 Å². The maximum atomic E-state index is 9.71. The van der Waals surface area contributed by atoms with Crippen molar-refractivity contribution in [3.05, 3.63) is 0 Å². The van der Waals surface area contributed by atoms with Gasteiger partial charge in [0.05, 0.1) is 12.5 Å². The van der Waals surface area contributed by atoms with E-state index in [1.54, 1.807) is 0 Å². The Morgan fingerprint density at radius 3 is 2.50 bits per heavy atom. The van der Waals surface area contributed by atoms with Crippen molar-refractivity contribution in [3.8, 4) is 0 Å². The van der Waals surface area contributed by atoms with Gasteiger partial charge in [-0.15, -0.1) is 0 Å². The Morgan fingerprint density at radius 1 is 1.88 bits per heavy atom. The zero-order chi connectivity index (χ0) is 6.57. The molecule has 0 heterocycles. The number of carbonyl (C=O) groups excluding carboxylic acids is 1. The summed E-state index contributed by atoms with van der Waals surface area (Å²) >= 11 is 0. The minimum atomic E-state index is -1.08. The van der Waals surface area contributed by atoms with Crippen molar-refractivity contribution in [2.45, 2.75) is 12.5 Å². The smallest absolute Gasteiger partial charge is 0.305 e. The van der Waals surface area contributed by atoms with Gasteiger partial charge in [-0.3, -0.25) is 9.59 Å². The summed E-state index contributed by atoms with van der Waals surface area (Å²) in [6.45, 7) is 0. The maximum Gasteiger partial charge on any atom is 0.305 e. The van der Waals surface area contributed by atoms with Crippen molar-refractivity contribution in [1.82, 2.24) is 0 Å². The Kier molecular flexibility index (Phi) is 2.79. The number of hydrogen-bond donors (Lipinski definition) is 2. The first kappa shape index (κ1) is 7.10. The summed E-state index contributed by atoms with van der Waals surface area (Å²) in [6, 6.07) is -0.979. The van der Waals surface area contributed by atoms with Gasteiger partial charge in [-0.05, 0) is 0 Å². The molecule has 1 radical (unpaired) electrons. The van der Waals surface area contributed by atoms with Crippen LogP contribution >= 0.6 is 0 Å². The van der Waals surface area contributed by atoms with Crippen molar-refractivity contribution in [3.63, 3.8) is 0 Å². The van der Waals surface area contributed by atoms with Crippen LogP contribution in [0.25, 0.3) is 0 Å². The first-order chi connectivity index (χ1) is 3.66. The predicted molar refractivity (Wildman–Crippen MR) is 25.9 cm³/mol. The Hall–Kier alpha value is -0.900. The van der Waals surface area contributed by atoms with Crippen molar-refractivity contribution in [2.75, 3.05) is 0 Å². The first-order valence-electron chi connectivity index (χ1n) is 2.02. The van der Waals surface area contributed by atoms with Crippen LogP contribution in [-0.2, 0) is 9.59 Å². The van der Waals surface area contributed by atoms with E-state index in [0.717, 1.165) is 0 Å². The van der Waals surface area contributed by atoms with Gasteiger partial charge in [0, 0.05) is 0 Å². The molecule has 0 spiro atoms. The molecule has 4 nitrogen and oxygen atoms in total. The highest BCUT2D eigenvalue weighted by molar-refractivity contribution is 5.73. The molecule has 0 aromatic rings. The van der Waals surface area contributed by atoms with Crippen LogP contribution in [0.15, 0.2) is 0 Å². The number of rotatable bonds is 3. The number of carbonyl (C=O) groups is 1. The van der Waals surface area contributed by atoms with Gasteiger partial charge in [-0.2, -0.15) is 0 Å². The molecule has 0 rings (SSSR count). The fourth-order valence-electron chi connectivity index (χ4n) is 0.230. The summed E-state index contributed by atoms with van der Waals surface area (Å²) in [4.78, 5) is 19.2. The average Bonchev–Trinajstić information content (AvgIpc) is 1.65. The van der Waals surface area contributed by atoms with Gasteiger partial charge in [-0.25, -0.2) is 0 Å². The van der Waals surface area contributed by atoms with Gasteiger partial charge in [-0.1, -0.05) is 0 Å². The first-order valence-corrected chi connectivity index (χ1v) is 2.02. The molecular formula is C4H6NO3. The minimum absolute atomic E-state index is 0.344. The van der Waals surface area contributed by atoms with E-state index in [0.29, 0.717) is 0 Å². The van der Waals surface area contributed by atoms with E-state index in [2.05, 4.69) is 0 Å². The quantitative estimate of drug-likeness (QED) is 0.490. The van der Waals surface area contributed by atoms with Gasteiger partial charge in [0.2, 0.25) is 6.29 Å². The Morgan fingerprint density at radius 2 is 2.38 bits per heavy atom. The van der Waals surface area contributed by atoms with Gasteiger partial charge in [0.25, 0.3) is 0 Å². The molecule has 0 aromatic heterocycles. The second-order valence-electron chi connectivity index (χ2n) is 1.32. The van der Waals surface area contributed by atoms with Crippen LogP contribution in [-0.4, -0.2) is 23.4 Å². The molecule has 0 aliphatic carbocycles. The van der Waals surface area contributed by atoms with Crippen LogP contribution in [0.2, 0.25) is 0 Å². The maximum absolute atomic E-state index is 9.71. The topological polar surface area (TPSA) is 80.4 Å². The number of nitrogens with two attached hydrogens (primary N) is 1. The van der Waals surface area contributed by atoms with Crippen molar-refractivity contribution < 1.29 is 14.7 Å². The molecule has 0 saturated carbocycles. The molecule has 0 fully saturated rings. The Labute approximate surface area is 46.3 Å². The molecule has 0 bridgehead atoms. The zero-order valence-corrected chi connectivity index (χ0v) is 4.13. The minimum Gasteiger partial charge on any atom is -0.481 e.